The molecular weight excluding hydrogens is 310 g/mol. The molecule has 1 rings (SSSR count). The SMILES string of the molecule is COCCN(CCC#N)C(=O)c1cc(N)ccc1Br. The van der Waals surface area contributed by atoms with E-state index in [2.05, 4.69) is 15.9 Å². The van der Waals surface area contributed by atoms with Crippen LogP contribution in [0.15, 0.2) is 22.7 Å². The van der Waals surface area contributed by atoms with Crippen molar-refractivity contribution in [3.8, 4) is 6.07 Å². The van der Waals surface area contributed by atoms with Crippen LogP contribution in [0, 0.1) is 11.3 Å². The Hall–Kier alpha value is -1.58. The van der Waals surface area contributed by atoms with Gasteiger partial charge in [-0.15, -0.1) is 0 Å². The van der Waals surface area contributed by atoms with E-state index >= 15 is 0 Å². The van der Waals surface area contributed by atoms with Crippen LogP contribution in [-0.2, 0) is 4.74 Å². The average molecular weight is 326 g/mol. The third-order valence-electron chi connectivity index (χ3n) is 2.57. The number of hydrogen-bond donors (Lipinski definition) is 1. The maximum Gasteiger partial charge on any atom is 0.255 e. The van der Waals surface area contributed by atoms with E-state index in [1.54, 1.807) is 30.2 Å². The number of ether oxygens (including phenoxy) is 1. The van der Waals surface area contributed by atoms with Gasteiger partial charge in [-0.2, -0.15) is 5.26 Å². The number of nitriles is 1. The highest BCUT2D eigenvalue weighted by molar-refractivity contribution is 9.10. The molecule has 0 heterocycles. The third kappa shape index (κ3) is 4.54. The van der Waals surface area contributed by atoms with Gasteiger partial charge < -0.3 is 15.4 Å². The monoisotopic (exact) mass is 325 g/mol. The van der Waals surface area contributed by atoms with Gasteiger partial charge in [-0.05, 0) is 34.1 Å². The Morgan fingerprint density at radius 1 is 1.53 bits per heavy atom. The quantitative estimate of drug-likeness (QED) is 0.811. The Morgan fingerprint density at radius 2 is 2.26 bits per heavy atom. The van der Waals surface area contributed by atoms with E-state index in [4.69, 9.17) is 15.7 Å². The van der Waals surface area contributed by atoms with Crippen molar-refractivity contribution in [1.29, 1.82) is 5.26 Å². The van der Waals surface area contributed by atoms with E-state index in [1.165, 1.54) is 0 Å². The summed E-state index contributed by atoms with van der Waals surface area (Å²) >= 11 is 3.34. The molecule has 2 N–H and O–H groups in total. The minimum Gasteiger partial charge on any atom is -0.399 e. The van der Waals surface area contributed by atoms with Crippen molar-refractivity contribution < 1.29 is 9.53 Å². The Bertz CT molecular complexity index is 485. The molecule has 1 aromatic carbocycles. The summed E-state index contributed by atoms with van der Waals surface area (Å²) in [5.41, 5.74) is 6.72. The Morgan fingerprint density at radius 3 is 2.89 bits per heavy atom. The molecule has 0 atom stereocenters. The lowest BCUT2D eigenvalue weighted by Gasteiger charge is -2.22. The van der Waals surface area contributed by atoms with E-state index in [0.29, 0.717) is 35.4 Å². The number of nitrogens with two attached hydrogens (primary N) is 1. The number of methoxy groups -OCH3 is 1. The number of hydrogen-bond acceptors (Lipinski definition) is 4. The van der Waals surface area contributed by atoms with Crippen molar-refractivity contribution in [3.05, 3.63) is 28.2 Å². The molecule has 0 unspecified atom stereocenters. The summed E-state index contributed by atoms with van der Waals surface area (Å²) < 4.78 is 5.67. The molecule has 0 saturated heterocycles. The van der Waals surface area contributed by atoms with Crippen molar-refractivity contribution >= 4 is 27.5 Å². The van der Waals surface area contributed by atoms with E-state index < -0.39 is 0 Å². The van der Waals surface area contributed by atoms with Gasteiger partial charge in [0.25, 0.3) is 5.91 Å². The molecule has 6 heteroatoms. The zero-order valence-corrected chi connectivity index (χ0v) is 12.3. The summed E-state index contributed by atoms with van der Waals surface area (Å²) in [7, 11) is 1.57. The second-order valence-corrected chi connectivity index (χ2v) is 4.79. The summed E-state index contributed by atoms with van der Waals surface area (Å²) in [6.07, 6.45) is 0.287. The van der Waals surface area contributed by atoms with Crippen LogP contribution in [0.1, 0.15) is 16.8 Å². The Labute approximate surface area is 121 Å². The molecule has 5 nitrogen and oxygen atoms in total. The Balaban J connectivity index is 2.91. The highest BCUT2D eigenvalue weighted by Gasteiger charge is 2.18. The number of nitrogen functional groups attached to an aromatic ring is 1. The summed E-state index contributed by atoms with van der Waals surface area (Å²) in [5, 5.41) is 8.64. The van der Waals surface area contributed by atoms with E-state index in [0.717, 1.165) is 0 Å². The van der Waals surface area contributed by atoms with Crippen molar-refractivity contribution in [2.45, 2.75) is 6.42 Å². The van der Waals surface area contributed by atoms with Crippen LogP contribution in [0.3, 0.4) is 0 Å². The zero-order chi connectivity index (χ0) is 14.3. The molecule has 0 radical (unpaired) electrons. The van der Waals surface area contributed by atoms with Crippen molar-refractivity contribution in [2.24, 2.45) is 0 Å². The van der Waals surface area contributed by atoms with Gasteiger partial charge in [0, 0.05) is 30.4 Å². The van der Waals surface area contributed by atoms with Crippen LogP contribution in [0.25, 0.3) is 0 Å². The van der Waals surface area contributed by atoms with Gasteiger partial charge in [0.15, 0.2) is 0 Å². The molecule has 0 aliphatic carbocycles. The predicted octanol–water partition coefficient (Wildman–Crippen LogP) is 2.03. The normalized spacial score (nSPS) is 9.95. The summed E-state index contributed by atoms with van der Waals surface area (Å²) in [4.78, 5) is 14.0. The minimum atomic E-state index is -0.161. The lowest BCUT2D eigenvalue weighted by molar-refractivity contribution is 0.0699. The molecule has 0 aliphatic rings. The molecule has 0 aromatic heterocycles. The maximum atomic E-state index is 12.4. The predicted molar refractivity (Wildman–Crippen MR) is 76.6 cm³/mol. The van der Waals surface area contributed by atoms with Crippen molar-refractivity contribution in [1.82, 2.24) is 4.90 Å². The van der Waals surface area contributed by atoms with E-state index in [1.807, 2.05) is 6.07 Å². The standard InChI is InChI=1S/C13H16BrN3O2/c1-19-8-7-17(6-2-5-15)13(18)11-9-10(16)3-4-12(11)14/h3-4,9H,2,6-8,16H2,1H3. The average Bonchev–Trinajstić information content (AvgIpc) is 2.41. The molecule has 0 bridgehead atoms. The fourth-order valence-corrected chi connectivity index (χ4v) is 1.99. The van der Waals surface area contributed by atoms with Crippen LogP contribution in [0.5, 0.6) is 0 Å². The second-order valence-electron chi connectivity index (χ2n) is 3.93. The summed E-state index contributed by atoms with van der Waals surface area (Å²) in [6.45, 7) is 1.25. The topological polar surface area (TPSA) is 79.3 Å². The van der Waals surface area contributed by atoms with Crippen molar-refractivity contribution in [2.75, 3.05) is 32.5 Å². The molecule has 0 aliphatic heterocycles. The van der Waals surface area contributed by atoms with Gasteiger partial charge in [0.2, 0.25) is 0 Å². The highest BCUT2D eigenvalue weighted by atomic mass is 79.9. The number of carbonyl (C=O) groups is 1. The third-order valence-corrected chi connectivity index (χ3v) is 3.26. The number of carbonyl (C=O) groups excluding carboxylic acids is 1. The van der Waals surface area contributed by atoms with Gasteiger partial charge >= 0.3 is 0 Å². The maximum absolute atomic E-state index is 12.4. The first-order chi connectivity index (χ1) is 9.10. The molecule has 0 fully saturated rings. The zero-order valence-electron chi connectivity index (χ0n) is 10.7. The van der Waals surface area contributed by atoms with Gasteiger partial charge in [0.05, 0.1) is 24.7 Å². The lowest BCUT2D eigenvalue weighted by atomic mass is 10.1. The van der Waals surface area contributed by atoms with Gasteiger partial charge in [-0.1, -0.05) is 0 Å². The molecule has 1 amide bonds. The minimum absolute atomic E-state index is 0.161. The number of amides is 1. The van der Waals surface area contributed by atoms with Crippen LogP contribution < -0.4 is 5.73 Å². The molecule has 19 heavy (non-hydrogen) atoms. The van der Waals surface area contributed by atoms with Crippen molar-refractivity contribution in [3.63, 3.8) is 0 Å². The molecule has 102 valence electrons. The first-order valence-corrected chi connectivity index (χ1v) is 6.59. The number of nitrogens with zero attached hydrogens (tertiary/aromatic N) is 2. The first-order valence-electron chi connectivity index (χ1n) is 5.80. The van der Waals surface area contributed by atoms with Crippen LogP contribution in [-0.4, -0.2) is 37.6 Å². The van der Waals surface area contributed by atoms with Gasteiger partial charge in [-0.25, -0.2) is 0 Å². The molecule has 0 spiro atoms. The van der Waals surface area contributed by atoms with E-state index in [-0.39, 0.29) is 12.3 Å². The number of rotatable bonds is 6. The van der Waals surface area contributed by atoms with Gasteiger partial charge in [-0.3, -0.25) is 4.79 Å². The van der Waals surface area contributed by atoms with Crippen LogP contribution >= 0.6 is 15.9 Å². The fourth-order valence-electron chi connectivity index (χ4n) is 1.58. The molecule has 1 aromatic rings. The smallest absolute Gasteiger partial charge is 0.255 e. The first kappa shape index (κ1) is 15.5. The molecular formula is C13H16BrN3O2. The largest absolute Gasteiger partial charge is 0.399 e. The van der Waals surface area contributed by atoms with Crippen LogP contribution in [0.4, 0.5) is 5.69 Å². The highest BCUT2D eigenvalue weighted by Crippen LogP contribution is 2.21. The lowest BCUT2D eigenvalue weighted by Crippen LogP contribution is -2.35. The second kappa shape index (κ2) is 7.77. The van der Waals surface area contributed by atoms with Crippen LogP contribution in [0.2, 0.25) is 0 Å². The molecule has 0 saturated carbocycles. The van der Waals surface area contributed by atoms with Gasteiger partial charge in [0.1, 0.15) is 0 Å². The summed E-state index contributed by atoms with van der Waals surface area (Å²) in [6, 6.07) is 7.11. The Kier molecular flexibility index (Phi) is 6.33. The summed E-state index contributed by atoms with van der Waals surface area (Å²) in [5.74, 6) is -0.161. The van der Waals surface area contributed by atoms with E-state index in [9.17, 15) is 4.79 Å². The number of halogens is 1. The fraction of sp³-hybridized carbons (Fsp3) is 0.385. The number of anilines is 1. The number of benzene rings is 1.